The summed E-state index contributed by atoms with van der Waals surface area (Å²) in [6.45, 7) is 6.53. The summed E-state index contributed by atoms with van der Waals surface area (Å²) >= 11 is 0. The summed E-state index contributed by atoms with van der Waals surface area (Å²) in [5, 5.41) is 13.1. The summed E-state index contributed by atoms with van der Waals surface area (Å²) in [6, 6.07) is 11.9. The number of hydrogen-bond acceptors (Lipinski definition) is 6. The van der Waals surface area contributed by atoms with Gasteiger partial charge < -0.3 is 20.1 Å². The van der Waals surface area contributed by atoms with Crippen molar-refractivity contribution < 1.29 is 23.8 Å². The number of hydrogen-bond donors (Lipinski definition) is 2. The van der Waals surface area contributed by atoms with Crippen molar-refractivity contribution in [2.75, 3.05) is 13.1 Å². The van der Waals surface area contributed by atoms with E-state index in [-0.39, 0.29) is 23.5 Å². The molecule has 8 nitrogen and oxygen atoms in total. The number of nitrogens with zero attached hydrogens (tertiary/aromatic N) is 3. The normalized spacial score (nSPS) is 15.6. The van der Waals surface area contributed by atoms with Gasteiger partial charge in [0.1, 0.15) is 23.7 Å². The summed E-state index contributed by atoms with van der Waals surface area (Å²) in [5.41, 5.74) is 0.124. The van der Waals surface area contributed by atoms with Gasteiger partial charge in [0.2, 0.25) is 11.8 Å². The number of carbonyl (C=O) groups excluding carboxylic acids is 2. The molecule has 184 valence electrons. The number of ether oxygens (including phenoxy) is 1. The zero-order valence-corrected chi connectivity index (χ0v) is 20.0. The fraction of sp³-hybridized carbons (Fsp3) is 0.385. The summed E-state index contributed by atoms with van der Waals surface area (Å²) in [6.07, 6.45) is 1.15. The molecule has 2 amide bonds. The lowest BCUT2D eigenvalue weighted by Gasteiger charge is -2.38. The molecule has 2 aromatic carbocycles. The van der Waals surface area contributed by atoms with Crippen molar-refractivity contribution in [1.82, 2.24) is 20.2 Å². The van der Waals surface area contributed by atoms with Crippen LogP contribution in [-0.4, -0.2) is 57.0 Å². The molecule has 1 aliphatic heterocycles. The van der Waals surface area contributed by atoms with Crippen molar-refractivity contribution in [3.05, 3.63) is 60.0 Å². The summed E-state index contributed by atoms with van der Waals surface area (Å²) in [7, 11) is 0. The minimum absolute atomic E-state index is 0.0861. The Morgan fingerprint density at radius 3 is 2.26 bits per heavy atom. The highest BCUT2D eigenvalue weighted by atomic mass is 19.1. The van der Waals surface area contributed by atoms with E-state index in [0.29, 0.717) is 42.7 Å². The largest absolute Gasteiger partial charge is 0.492 e. The van der Waals surface area contributed by atoms with Crippen LogP contribution in [0, 0.1) is 11.2 Å². The van der Waals surface area contributed by atoms with Crippen LogP contribution in [0.1, 0.15) is 44.1 Å². The predicted molar refractivity (Wildman–Crippen MR) is 129 cm³/mol. The van der Waals surface area contributed by atoms with E-state index in [1.54, 1.807) is 41.3 Å². The summed E-state index contributed by atoms with van der Waals surface area (Å²) in [5.74, 6) is -1.09. The van der Waals surface area contributed by atoms with Crippen LogP contribution in [0.15, 0.2) is 48.5 Å². The Labute approximate surface area is 203 Å². The second kappa shape index (κ2) is 9.85. The van der Waals surface area contributed by atoms with Crippen LogP contribution in [0.25, 0.3) is 11.0 Å². The monoisotopic (exact) mass is 480 g/mol. The van der Waals surface area contributed by atoms with Gasteiger partial charge in [-0.2, -0.15) is 0 Å². The molecule has 1 saturated heterocycles. The lowest BCUT2D eigenvalue weighted by Crippen LogP contribution is -2.56. The minimum atomic E-state index is -0.836. The molecule has 0 spiro atoms. The molecule has 2 heterocycles. The molecule has 0 unspecified atom stereocenters. The van der Waals surface area contributed by atoms with Gasteiger partial charge in [-0.3, -0.25) is 9.59 Å². The van der Waals surface area contributed by atoms with E-state index in [4.69, 9.17) is 4.74 Å². The zero-order chi connectivity index (χ0) is 25.2. The van der Waals surface area contributed by atoms with Crippen molar-refractivity contribution in [2.24, 2.45) is 5.41 Å². The number of carbonyl (C=O) groups is 2. The fourth-order valence-electron chi connectivity index (χ4n) is 4.07. The van der Waals surface area contributed by atoms with Gasteiger partial charge in [-0.05, 0) is 41.8 Å². The number of para-hydroxylation sites is 2. The third kappa shape index (κ3) is 5.67. The van der Waals surface area contributed by atoms with E-state index in [2.05, 4.69) is 15.3 Å². The van der Waals surface area contributed by atoms with E-state index in [1.807, 2.05) is 20.8 Å². The van der Waals surface area contributed by atoms with Crippen LogP contribution in [0.2, 0.25) is 0 Å². The Morgan fingerprint density at radius 1 is 1.06 bits per heavy atom. The molecule has 0 bridgehead atoms. The van der Waals surface area contributed by atoms with Gasteiger partial charge in [0.25, 0.3) is 5.91 Å². The average molecular weight is 481 g/mol. The van der Waals surface area contributed by atoms with Gasteiger partial charge >= 0.3 is 0 Å². The van der Waals surface area contributed by atoms with E-state index in [0.717, 1.165) is 0 Å². The number of likely N-dealkylation sites (tertiary alicyclic amines) is 1. The molecular formula is C26H29FN4O4. The van der Waals surface area contributed by atoms with Crippen LogP contribution in [0.5, 0.6) is 11.6 Å². The number of fused-ring (bicyclic) bond motifs is 1. The SMILES string of the molecule is CC(C)(C)[C@H](NC(=O)c1nc2ccccc2nc1O)C(=O)N1CCC(Oc2ccc(F)cc2)CC1. The van der Waals surface area contributed by atoms with Crippen LogP contribution >= 0.6 is 0 Å². The Kier molecular flexibility index (Phi) is 6.86. The highest BCUT2D eigenvalue weighted by Crippen LogP contribution is 2.26. The summed E-state index contributed by atoms with van der Waals surface area (Å²) in [4.78, 5) is 36.5. The van der Waals surface area contributed by atoms with Gasteiger partial charge in [-0.15, -0.1) is 0 Å². The first-order valence-corrected chi connectivity index (χ1v) is 11.6. The molecule has 0 radical (unpaired) electrons. The smallest absolute Gasteiger partial charge is 0.276 e. The van der Waals surface area contributed by atoms with E-state index >= 15 is 0 Å². The highest BCUT2D eigenvalue weighted by Gasteiger charge is 2.38. The number of aromatic hydroxyl groups is 1. The summed E-state index contributed by atoms with van der Waals surface area (Å²) < 4.78 is 19.0. The lowest BCUT2D eigenvalue weighted by molar-refractivity contribution is -0.137. The number of benzene rings is 2. The van der Waals surface area contributed by atoms with Crippen LogP contribution in [0.4, 0.5) is 4.39 Å². The third-order valence-corrected chi connectivity index (χ3v) is 6.03. The average Bonchev–Trinajstić information content (AvgIpc) is 2.82. The number of amides is 2. The maximum absolute atomic E-state index is 13.4. The number of rotatable bonds is 5. The third-order valence-electron chi connectivity index (χ3n) is 6.03. The Balaban J connectivity index is 1.43. The number of aromatic nitrogens is 2. The van der Waals surface area contributed by atoms with Gasteiger partial charge in [0.05, 0.1) is 11.0 Å². The maximum atomic E-state index is 13.4. The molecule has 1 atom stereocenters. The molecule has 3 aromatic rings. The van der Waals surface area contributed by atoms with Crippen molar-refractivity contribution in [2.45, 2.75) is 45.8 Å². The van der Waals surface area contributed by atoms with E-state index < -0.39 is 23.2 Å². The molecular weight excluding hydrogens is 451 g/mol. The van der Waals surface area contributed by atoms with Crippen LogP contribution < -0.4 is 10.1 Å². The van der Waals surface area contributed by atoms with Crippen LogP contribution in [-0.2, 0) is 4.79 Å². The van der Waals surface area contributed by atoms with Crippen molar-refractivity contribution in [3.63, 3.8) is 0 Å². The molecule has 0 saturated carbocycles. The van der Waals surface area contributed by atoms with Gasteiger partial charge in [0.15, 0.2) is 5.69 Å². The molecule has 9 heteroatoms. The Morgan fingerprint density at radius 2 is 1.66 bits per heavy atom. The minimum Gasteiger partial charge on any atom is -0.492 e. The maximum Gasteiger partial charge on any atom is 0.276 e. The number of nitrogens with one attached hydrogen (secondary N) is 1. The van der Waals surface area contributed by atoms with Gasteiger partial charge in [-0.1, -0.05) is 32.9 Å². The predicted octanol–water partition coefficient (Wildman–Crippen LogP) is 3.69. The molecule has 1 fully saturated rings. The Bertz CT molecular complexity index is 1220. The molecule has 1 aromatic heterocycles. The lowest BCUT2D eigenvalue weighted by atomic mass is 9.85. The van der Waals surface area contributed by atoms with Crippen molar-refractivity contribution in [3.8, 4) is 11.6 Å². The second-order valence-corrected chi connectivity index (χ2v) is 9.75. The first kappa shape index (κ1) is 24.4. The number of piperidine rings is 1. The fourth-order valence-corrected chi connectivity index (χ4v) is 4.07. The molecule has 2 N–H and O–H groups in total. The standard InChI is InChI=1S/C26H29FN4O4/c1-26(2,3)22(30-24(33)21-23(32)29-20-7-5-4-6-19(20)28-21)25(34)31-14-12-18(13-15-31)35-17-10-8-16(27)9-11-17/h4-11,18,22H,12-15H2,1-3H3,(H,29,32)(H,30,33)/t22-/m1/s1. The van der Waals surface area contributed by atoms with E-state index in [1.165, 1.54) is 12.1 Å². The topological polar surface area (TPSA) is 105 Å². The Hall–Kier alpha value is -3.75. The highest BCUT2D eigenvalue weighted by molar-refractivity contribution is 5.99. The van der Waals surface area contributed by atoms with Gasteiger partial charge in [0, 0.05) is 25.9 Å². The molecule has 0 aliphatic carbocycles. The van der Waals surface area contributed by atoms with Crippen molar-refractivity contribution in [1.29, 1.82) is 0 Å². The second-order valence-electron chi connectivity index (χ2n) is 9.75. The molecule has 35 heavy (non-hydrogen) atoms. The number of halogens is 1. The van der Waals surface area contributed by atoms with Gasteiger partial charge in [-0.25, -0.2) is 14.4 Å². The molecule has 4 rings (SSSR count). The van der Waals surface area contributed by atoms with Crippen molar-refractivity contribution >= 4 is 22.8 Å². The zero-order valence-electron chi connectivity index (χ0n) is 20.0. The van der Waals surface area contributed by atoms with Crippen LogP contribution in [0.3, 0.4) is 0 Å². The molecule has 1 aliphatic rings. The van der Waals surface area contributed by atoms with E-state index in [9.17, 15) is 19.1 Å². The first-order chi connectivity index (χ1) is 16.6. The first-order valence-electron chi connectivity index (χ1n) is 11.6. The quantitative estimate of drug-likeness (QED) is 0.577.